The third-order valence-corrected chi connectivity index (χ3v) is 2.52. The molecule has 0 fully saturated rings. The van der Waals surface area contributed by atoms with Gasteiger partial charge in [0.2, 0.25) is 0 Å². The Bertz CT molecular complexity index is 483. The highest BCUT2D eigenvalue weighted by Crippen LogP contribution is 2.13. The summed E-state index contributed by atoms with van der Waals surface area (Å²) >= 11 is 0. The van der Waals surface area contributed by atoms with Gasteiger partial charge in [-0.25, -0.2) is 0 Å². The van der Waals surface area contributed by atoms with Gasteiger partial charge in [-0.3, -0.25) is 0 Å². The molecule has 0 aliphatic carbocycles. The lowest BCUT2D eigenvalue weighted by molar-refractivity contribution is 0.663. The molecule has 0 aliphatic heterocycles. The highest BCUT2D eigenvalue weighted by atomic mass is 15.5. The molecule has 1 N–H and O–H groups in total. The molecule has 1 aromatic carbocycles. The Balaban J connectivity index is 2.35. The fourth-order valence-corrected chi connectivity index (χ4v) is 1.83. The number of hydrogen-bond donors (Lipinski definition) is 1. The van der Waals surface area contributed by atoms with Crippen molar-refractivity contribution in [2.45, 2.75) is 27.3 Å². The molecule has 0 unspecified atom stereocenters. The van der Waals surface area contributed by atoms with Gasteiger partial charge in [0.15, 0.2) is 5.82 Å². The number of nitrogens with one attached hydrogen (secondary N) is 1. The molecule has 0 bridgehead atoms. The second-order valence-corrected chi connectivity index (χ2v) is 4.13. The highest BCUT2D eigenvalue weighted by molar-refractivity contribution is 5.38. The molecule has 0 saturated heterocycles. The first-order valence-electron chi connectivity index (χ1n) is 5.77. The van der Waals surface area contributed by atoms with Crippen molar-refractivity contribution in [1.29, 1.82) is 0 Å². The Kier molecular flexibility index (Phi) is 3.49. The molecule has 5 heteroatoms. The van der Waals surface area contributed by atoms with Gasteiger partial charge in [0.25, 0.3) is 0 Å². The molecule has 5 nitrogen and oxygen atoms in total. The Labute approximate surface area is 101 Å². The third kappa shape index (κ3) is 2.68. The maximum Gasteiger partial charge on any atom is 0.170 e. The first-order chi connectivity index (χ1) is 8.20. The quantitative estimate of drug-likeness (QED) is 0.864. The summed E-state index contributed by atoms with van der Waals surface area (Å²) in [6, 6.07) is 6.30. The van der Waals surface area contributed by atoms with E-state index in [1.54, 1.807) is 4.68 Å². The predicted molar refractivity (Wildman–Crippen MR) is 66.0 cm³/mol. The average molecular weight is 231 g/mol. The zero-order chi connectivity index (χ0) is 12.3. The molecule has 1 heterocycles. The standard InChI is InChI=1S/C12H17N5/c1-4-13-8-12-14-15-16-17(12)11-6-9(2)5-10(3)7-11/h5-7,13H,4,8H2,1-3H3. The zero-order valence-electron chi connectivity index (χ0n) is 10.4. The summed E-state index contributed by atoms with van der Waals surface area (Å²) in [7, 11) is 0. The summed E-state index contributed by atoms with van der Waals surface area (Å²) in [5, 5.41) is 15.0. The Hall–Kier alpha value is -1.75. The van der Waals surface area contributed by atoms with E-state index in [9.17, 15) is 0 Å². The number of rotatable bonds is 4. The normalized spacial score (nSPS) is 10.8. The molecule has 90 valence electrons. The van der Waals surface area contributed by atoms with Crippen LogP contribution in [-0.4, -0.2) is 26.8 Å². The lowest BCUT2D eigenvalue weighted by Crippen LogP contribution is -2.16. The van der Waals surface area contributed by atoms with Gasteiger partial charge in [-0.15, -0.1) is 5.10 Å². The van der Waals surface area contributed by atoms with Gasteiger partial charge in [0.1, 0.15) is 0 Å². The van der Waals surface area contributed by atoms with Gasteiger partial charge < -0.3 is 5.32 Å². The number of aromatic nitrogens is 4. The second kappa shape index (κ2) is 5.05. The molecule has 1 aromatic heterocycles. The predicted octanol–water partition coefficient (Wildman–Crippen LogP) is 1.39. The van der Waals surface area contributed by atoms with E-state index < -0.39 is 0 Å². The summed E-state index contributed by atoms with van der Waals surface area (Å²) in [4.78, 5) is 0. The van der Waals surface area contributed by atoms with Crippen LogP contribution in [0.4, 0.5) is 0 Å². The summed E-state index contributed by atoms with van der Waals surface area (Å²) in [6.45, 7) is 7.79. The van der Waals surface area contributed by atoms with Crippen LogP contribution in [0, 0.1) is 13.8 Å². The Morgan fingerprint density at radius 2 is 1.88 bits per heavy atom. The second-order valence-electron chi connectivity index (χ2n) is 4.13. The highest BCUT2D eigenvalue weighted by Gasteiger charge is 2.08. The van der Waals surface area contributed by atoms with Crippen LogP contribution in [0.1, 0.15) is 23.9 Å². The van der Waals surface area contributed by atoms with Crippen molar-refractivity contribution in [3.8, 4) is 5.69 Å². The summed E-state index contributed by atoms with van der Waals surface area (Å²) < 4.78 is 1.78. The number of aryl methyl sites for hydroxylation is 2. The van der Waals surface area contributed by atoms with Crippen molar-refractivity contribution < 1.29 is 0 Å². The summed E-state index contributed by atoms with van der Waals surface area (Å²) in [5.74, 6) is 0.830. The van der Waals surface area contributed by atoms with Crippen molar-refractivity contribution in [2.75, 3.05) is 6.54 Å². The van der Waals surface area contributed by atoms with E-state index in [2.05, 4.69) is 59.8 Å². The van der Waals surface area contributed by atoms with Crippen LogP contribution >= 0.6 is 0 Å². The van der Waals surface area contributed by atoms with Crippen LogP contribution in [0.5, 0.6) is 0 Å². The molecule has 2 aromatic rings. The summed E-state index contributed by atoms with van der Waals surface area (Å²) in [6.07, 6.45) is 0. The van der Waals surface area contributed by atoms with E-state index in [-0.39, 0.29) is 0 Å². The van der Waals surface area contributed by atoms with Gasteiger partial charge in [-0.05, 0) is 54.1 Å². The van der Waals surface area contributed by atoms with Crippen molar-refractivity contribution in [2.24, 2.45) is 0 Å². The molecule has 0 radical (unpaired) electrons. The monoisotopic (exact) mass is 231 g/mol. The zero-order valence-corrected chi connectivity index (χ0v) is 10.4. The average Bonchev–Trinajstić information content (AvgIpc) is 2.73. The maximum atomic E-state index is 4.04. The number of nitrogens with zero attached hydrogens (tertiary/aromatic N) is 4. The van der Waals surface area contributed by atoms with Gasteiger partial charge in [-0.2, -0.15) is 4.68 Å². The minimum absolute atomic E-state index is 0.677. The fraction of sp³-hybridized carbons (Fsp3) is 0.417. The fourth-order valence-electron chi connectivity index (χ4n) is 1.83. The third-order valence-electron chi connectivity index (χ3n) is 2.52. The first kappa shape index (κ1) is 11.7. The van der Waals surface area contributed by atoms with Crippen molar-refractivity contribution in [3.05, 3.63) is 35.2 Å². The van der Waals surface area contributed by atoms with Crippen molar-refractivity contribution in [1.82, 2.24) is 25.5 Å². The molecule has 17 heavy (non-hydrogen) atoms. The van der Waals surface area contributed by atoms with Gasteiger partial charge in [0, 0.05) is 0 Å². The van der Waals surface area contributed by atoms with Crippen molar-refractivity contribution in [3.63, 3.8) is 0 Å². The molecule has 0 atom stereocenters. The molecule has 0 amide bonds. The van der Waals surface area contributed by atoms with Gasteiger partial charge >= 0.3 is 0 Å². The number of tetrazole rings is 1. The summed E-state index contributed by atoms with van der Waals surface area (Å²) in [5.41, 5.74) is 3.44. The van der Waals surface area contributed by atoms with E-state index in [0.717, 1.165) is 18.1 Å². The van der Waals surface area contributed by atoms with E-state index >= 15 is 0 Å². The minimum atomic E-state index is 0.677. The lowest BCUT2D eigenvalue weighted by Gasteiger charge is -2.07. The van der Waals surface area contributed by atoms with Crippen LogP contribution in [0.2, 0.25) is 0 Å². The Morgan fingerprint density at radius 1 is 1.18 bits per heavy atom. The SMILES string of the molecule is CCNCc1nnnn1-c1cc(C)cc(C)c1. The Morgan fingerprint density at radius 3 is 2.53 bits per heavy atom. The smallest absolute Gasteiger partial charge is 0.170 e. The van der Waals surface area contributed by atoms with E-state index in [0.29, 0.717) is 6.54 Å². The van der Waals surface area contributed by atoms with E-state index in [4.69, 9.17) is 0 Å². The van der Waals surface area contributed by atoms with E-state index in [1.807, 2.05) is 0 Å². The molecule has 2 rings (SSSR count). The molecule has 0 aliphatic rings. The van der Waals surface area contributed by atoms with Crippen LogP contribution < -0.4 is 5.32 Å². The first-order valence-corrected chi connectivity index (χ1v) is 5.77. The van der Waals surface area contributed by atoms with Crippen LogP contribution in [-0.2, 0) is 6.54 Å². The van der Waals surface area contributed by atoms with Gasteiger partial charge in [0.05, 0.1) is 12.2 Å². The minimum Gasteiger partial charge on any atom is -0.310 e. The van der Waals surface area contributed by atoms with Crippen LogP contribution in [0.25, 0.3) is 5.69 Å². The van der Waals surface area contributed by atoms with E-state index in [1.165, 1.54) is 11.1 Å². The lowest BCUT2D eigenvalue weighted by atomic mass is 10.1. The number of hydrogen-bond acceptors (Lipinski definition) is 4. The van der Waals surface area contributed by atoms with Crippen LogP contribution in [0.15, 0.2) is 18.2 Å². The molecule has 0 spiro atoms. The van der Waals surface area contributed by atoms with Crippen molar-refractivity contribution >= 4 is 0 Å². The molecular formula is C12H17N5. The largest absolute Gasteiger partial charge is 0.310 e. The molecular weight excluding hydrogens is 214 g/mol. The van der Waals surface area contributed by atoms with Gasteiger partial charge in [-0.1, -0.05) is 13.0 Å². The molecule has 0 saturated carbocycles. The van der Waals surface area contributed by atoms with Crippen LogP contribution in [0.3, 0.4) is 0 Å². The maximum absolute atomic E-state index is 4.04. The topological polar surface area (TPSA) is 55.6 Å². The number of benzene rings is 1.